The van der Waals surface area contributed by atoms with Gasteiger partial charge >= 0.3 is 0 Å². The number of ether oxygens (including phenoxy) is 1. The summed E-state index contributed by atoms with van der Waals surface area (Å²) in [4.78, 5) is 5.97. The van der Waals surface area contributed by atoms with Gasteiger partial charge in [0.2, 0.25) is 5.88 Å². The third-order valence-corrected chi connectivity index (χ3v) is 2.44. The molecule has 0 aliphatic rings. The number of rotatable bonds is 3. The molecule has 1 aromatic heterocycles. The Morgan fingerprint density at radius 2 is 1.79 bits per heavy atom. The molecule has 1 aromatic rings. The molecule has 0 radical (unpaired) electrons. The lowest BCUT2D eigenvalue weighted by atomic mass is 10.2. The fourth-order valence-electron chi connectivity index (χ4n) is 1.05. The summed E-state index contributed by atoms with van der Waals surface area (Å²) in [7, 11) is 5.43. The first-order valence-corrected chi connectivity index (χ1v) is 7.18. The molecule has 110 valence electrons. The van der Waals surface area contributed by atoms with Crippen molar-refractivity contribution >= 4 is 27.7 Å². The molecule has 0 aliphatic heterocycles. The number of anilines is 1. The van der Waals surface area contributed by atoms with Gasteiger partial charge in [0, 0.05) is 30.3 Å². The highest BCUT2D eigenvalue weighted by atomic mass is 79.9. The number of hydrogen-bond donors (Lipinski definition) is 1. The van der Waals surface area contributed by atoms with E-state index in [-0.39, 0.29) is 0 Å². The third kappa shape index (κ3) is 7.06. The molecule has 0 fully saturated rings. The minimum Gasteiger partial charge on any atom is -0.480 e. The maximum Gasteiger partial charge on any atom is 0.237 e. The van der Waals surface area contributed by atoms with Crippen LogP contribution < -0.4 is 10.5 Å². The van der Waals surface area contributed by atoms with Gasteiger partial charge in [0.05, 0.1) is 7.11 Å². The molecule has 4 nitrogen and oxygen atoms in total. The van der Waals surface area contributed by atoms with Crippen molar-refractivity contribution in [2.45, 2.75) is 27.7 Å². The van der Waals surface area contributed by atoms with Crippen molar-refractivity contribution in [3.63, 3.8) is 0 Å². The second-order valence-corrected chi connectivity index (χ2v) is 4.08. The lowest BCUT2D eigenvalue weighted by Gasteiger charge is -2.09. The summed E-state index contributed by atoms with van der Waals surface area (Å²) in [6.07, 6.45) is 5.49. The zero-order chi connectivity index (χ0) is 15.4. The van der Waals surface area contributed by atoms with E-state index in [1.165, 1.54) is 0 Å². The molecule has 0 spiro atoms. The minimum absolute atomic E-state index is 0.441. The molecule has 0 bridgehead atoms. The van der Waals surface area contributed by atoms with Crippen LogP contribution in [-0.2, 0) is 0 Å². The van der Waals surface area contributed by atoms with Crippen molar-refractivity contribution in [3.8, 4) is 5.88 Å². The van der Waals surface area contributed by atoms with Gasteiger partial charge in [0.1, 0.15) is 5.69 Å². The van der Waals surface area contributed by atoms with Gasteiger partial charge in [-0.1, -0.05) is 27.7 Å². The Labute approximate surface area is 125 Å². The van der Waals surface area contributed by atoms with Crippen molar-refractivity contribution in [2.24, 2.45) is 0 Å². The number of aromatic nitrogens is 1. The first-order chi connectivity index (χ1) is 9.06. The van der Waals surface area contributed by atoms with Crippen LogP contribution in [0.25, 0.3) is 6.08 Å². The molecule has 0 aromatic carbocycles. The molecule has 1 heterocycles. The van der Waals surface area contributed by atoms with E-state index in [0.29, 0.717) is 11.6 Å². The van der Waals surface area contributed by atoms with Gasteiger partial charge in [0.15, 0.2) is 0 Å². The number of hydrogen-bond acceptors (Lipinski definition) is 4. The summed E-state index contributed by atoms with van der Waals surface area (Å²) in [6, 6.07) is 0. The Kier molecular flexibility index (Phi) is 12.5. The van der Waals surface area contributed by atoms with Gasteiger partial charge in [-0.15, -0.1) is 0 Å². The van der Waals surface area contributed by atoms with E-state index in [9.17, 15) is 0 Å². The predicted octanol–water partition coefficient (Wildman–Crippen LogP) is 4.02. The van der Waals surface area contributed by atoms with Crippen molar-refractivity contribution in [2.75, 3.05) is 26.9 Å². The number of nitrogens with two attached hydrogens (primary N) is 1. The van der Waals surface area contributed by atoms with Crippen LogP contribution in [0.5, 0.6) is 5.88 Å². The summed E-state index contributed by atoms with van der Waals surface area (Å²) in [5.41, 5.74) is 7.30. The fourth-order valence-corrected chi connectivity index (χ4v) is 1.50. The van der Waals surface area contributed by atoms with Crippen molar-refractivity contribution in [3.05, 3.63) is 22.4 Å². The van der Waals surface area contributed by atoms with E-state index in [1.54, 1.807) is 13.3 Å². The molecule has 0 atom stereocenters. The maximum absolute atomic E-state index is 5.89. The highest BCUT2D eigenvalue weighted by Gasteiger charge is 2.08. The topological polar surface area (TPSA) is 51.4 Å². The number of pyridine rings is 1. The molecule has 1 rings (SSSR count). The van der Waals surface area contributed by atoms with Gasteiger partial charge in [-0.2, -0.15) is 0 Å². The van der Waals surface area contributed by atoms with E-state index in [2.05, 4.69) is 20.9 Å². The van der Waals surface area contributed by atoms with Crippen LogP contribution in [0.1, 0.15) is 33.3 Å². The van der Waals surface area contributed by atoms with Crippen LogP contribution in [0.3, 0.4) is 0 Å². The lowest BCUT2D eigenvalue weighted by molar-refractivity contribution is 0.400. The molecule has 0 saturated heterocycles. The second-order valence-electron chi connectivity index (χ2n) is 3.22. The molecule has 0 unspecified atom stereocenters. The SMILES string of the molecule is CC.CC.COc1ncc(Br)c(/C=C/N(C)C)c1N. The number of methoxy groups -OCH3 is 1. The zero-order valence-electron chi connectivity index (χ0n) is 13.0. The smallest absolute Gasteiger partial charge is 0.237 e. The second kappa shape index (κ2) is 11.8. The average molecular weight is 332 g/mol. The normalized spacial score (nSPS) is 9.05. The Bertz CT molecular complexity index is 379. The van der Waals surface area contributed by atoms with Gasteiger partial charge in [-0.3, -0.25) is 0 Å². The van der Waals surface area contributed by atoms with Crippen LogP contribution in [0.4, 0.5) is 5.69 Å². The molecule has 19 heavy (non-hydrogen) atoms. The van der Waals surface area contributed by atoms with Crippen LogP contribution in [0, 0.1) is 0 Å². The largest absolute Gasteiger partial charge is 0.480 e. The first kappa shape index (κ1) is 20.1. The summed E-state index contributed by atoms with van der Waals surface area (Å²) < 4.78 is 5.89. The molecule has 0 amide bonds. The first-order valence-electron chi connectivity index (χ1n) is 6.39. The van der Waals surface area contributed by atoms with Crippen molar-refractivity contribution < 1.29 is 4.74 Å². The number of nitrogen functional groups attached to an aromatic ring is 1. The van der Waals surface area contributed by atoms with Gasteiger partial charge < -0.3 is 15.4 Å². The monoisotopic (exact) mass is 331 g/mol. The molecular formula is C14H26BrN3O. The van der Waals surface area contributed by atoms with E-state index >= 15 is 0 Å². The Balaban J connectivity index is 0. The van der Waals surface area contributed by atoms with E-state index < -0.39 is 0 Å². The predicted molar refractivity (Wildman–Crippen MR) is 88.3 cm³/mol. The lowest BCUT2D eigenvalue weighted by Crippen LogP contribution is -2.02. The summed E-state index contributed by atoms with van der Waals surface area (Å²) in [5, 5.41) is 0. The molecule has 5 heteroatoms. The molecule has 0 saturated carbocycles. The van der Waals surface area contributed by atoms with E-state index in [0.717, 1.165) is 10.0 Å². The zero-order valence-corrected chi connectivity index (χ0v) is 14.6. The molecule has 2 N–H and O–H groups in total. The fraction of sp³-hybridized carbons (Fsp3) is 0.500. The number of nitrogens with zero attached hydrogens (tertiary/aromatic N) is 2. The number of halogens is 1. The molecular weight excluding hydrogens is 306 g/mol. The van der Waals surface area contributed by atoms with Crippen molar-refractivity contribution in [1.29, 1.82) is 0 Å². The summed E-state index contributed by atoms with van der Waals surface area (Å²) in [5.74, 6) is 0.441. The van der Waals surface area contributed by atoms with Gasteiger partial charge in [0.25, 0.3) is 0 Å². The molecule has 0 aliphatic carbocycles. The van der Waals surface area contributed by atoms with Crippen LogP contribution in [-0.4, -0.2) is 31.1 Å². The quantitative estimate of drug-likeness (QED) is 0.908. The van der Waals surface area contributed by atoms with Crippen molar-refractivity contribution in [1.82, 2.24) is 9.88 Å². The summed E-state index contributed by atoms with van der Waals surface area (Å²) >= 11 is 3.39. The van der Waals surface area contributed by atoms with Gasteiger partial charge in [-0.05, 0) is 28.2 Å². The van der Waals surface area contributed by atoms with Crippen LogP contribution in [0.2, 0.25) is 0 Å². The van der Waals surface area contributed by atoms with Crippen LogP contribution >= 0.6 is 15.9 Å². The maximum atomic E-state index is 5.89. The standard InChI is InChI=1S/C10H14BrN3O.2C2H6/c1-14(2)5-4-7-8(11)6-13-10(15-3)9(7)12;2*1-2/h4-6H,12H2,1-3H3;2*1-2H3/b5-4+;;. The van der Waals surface area contributed by atoms with Crippen LogP contribution in [0.15, 0.2) is 16.9 Å². The minimum atomic E-state index is 0.441. The van der Waals surface area contributed by atoms with E-state index in [1.807, 2.05) is 59.0 Å². The highest BCUT2D eigenvalue weighted by molar-refractivity contribution is 9.10. The summed E-state index contributed by atoms with van der Waals surface area (Å²) in [6.45, 7) is 8.00. The Hall–Kier alpha value is -1.23. The Morgan fingerprint density at radius 1 is 1.26 bits per heavy atom. The third-order valence-electron chi connectivity index (χ3n) is 1.81. The van der Waals surface area contributed by atoms with E-state index in [4.69, 9.17) is 10.5 Å². The highest BCUT2D eigenvalue weighted by Crippen LogP contribution is 2.29. The Morgan fingerprint density at radius 3 is 2.21 bits per heavy atom. The average Bonchev–Trinajstić information content (AvgIpc) is 2.43. The van der Waals surface area contributed by atoms with Gasteiger partial charge in [-0.25, -0.2) is 4.98 Å².